The molecule has 5 nitrogen and oxygen atoms in total. The quantitative estimate of drug-likeness (QED) is 0.573. The molecule has 20 heavy (non-hydrogen) atoms. The molecule has 0 aliphatic carbocycles. The number of ether oxygens (including phenoxy) is 1. The Bertz CT molecular complexity index is 551. The zero-order valence-corrected chi connectivity index (χ0v) is 12.0. The molecule has 0 bridgehead atoms. The van der Waals surface area contributed by atoms with Crippen LogP contribution in [-0.2, 0) is 17.9 Å². The monoisotopic (exact) mass is 277 g/mol. The number of aliphatic hydroxyl groups excluding tert-OH is 1. The van der Waals surface area contributed by atoms with Crippen molar-refractivity contribution in [3.8, 4) is 0 Å². The van der Waals surface area contributed by atoms with Crippen LogP contribution in [0.4, 0.5) is 5.69 Å². The van der Waals surface area contributed by atoms with Gasteiger partial charge in [0.15, 0.2) is 0 Å². The van der Waals surface area contributed by atoms with E-state index in [1.165, 1.54) is 0 Å². The van der Waals surface area contributed by atoms with Crippen LogP contribution in [0.2, 0.25) is 0 Å². The second-order valence-corrected chi connectivity index (χ2v) is 4.91. The van der Waals surface area contributed by atoms with Gasteiger partial charge in [-0.25, -0.2) is 4.98 Å². The highest BCUT2D eigenvalue weighted by Gasteiger charge is 2.09. The highest BCUT2D eigenvalue weighted by atomic mass is 16.5. The smallest absolute Gasteiger partial charge is 0.135 e. The Kier molecular flexibility index (Phi) is 5.38. The number of anilines is 1. The number of nitrogens with zero attached hydrogens (tertiary/aromatic N) is 2. The average molecular weight is 277 g/mol. The number of nitrogens with two attached hydrogens (primary N) is 1. The maximum atomic E-state index is 9.42. The molecule has 0 fully saturated rings. The molecule has 0 radical (unpaired) electrons. The van der Waals surface area contributed by atoms with E-state index < -0.39 is 0 Å². The van der Waals surface area contributed by atoms with Crippen molar-refractivity contribution in [2.45, 2.75) is 39.3 Å². The summed E-state index contributed by atoms with van der Waals surface area (Å²) in [6.45, 7) is 4.44. The van der Waals surface area contributed by atoms with Gasteiger partial charge in [-0.15, -0.1) is 0 Å². The SMILES string of the molecule is CCCCOCCCn1c(CO)nc2cc(N)ccc21. The van der Waals surface area contributed by atoms with Gasteiger partial charge in [-0.3, -0.25) is 0 Å². The van der Waals surface area contributed by atoms with Gasteiger partial charge in [-0.2, -0.15) is 0 Å². The van der Waals surface area contributed by atoms with Gasteiger partial charge in [0.05, 0.1) is 11.0 Å². The zero-order chi connectivity index (χ0) is 14.4. The van der Waals surface area contributed by atoms with E-state index in [2.05, 4.69) is 11.9 Å². The maximum Gasteiger partial charge on any atom is 0.135 e. The molecule has 2 rings (SSSR count). The van der Waals surface area contributed by atoms with Gasteiger partial charge in [-0.1, -0.05) is 13.3 Å². The normalized spacial score (nSPS) is 11.3. The lowest BCUT2D eigenvalue weighted by molar-refractivity contribution is 0.125. The molecule has 1 heterocycles. The summed E-state index contributed by atoms with van der Waals surface area (Å²) >= 11 is 0. The number of nitrogen functional groups attached to an aromatic ring is 1. The second-order valence-electron chi connectivity index (χ2n) is 4.91. The average Bonchev–Trinajstić information content (AvgIpc) is 2.79. The summed E-state index contributed by atoms with van der Waals surface area (Å²) in [6, 6.07) is 5.65. The predicted molar refractivity (Wildman–Crippen MR) is 80.4 cm³/mol. The Balaban J connectivity index is 2.01. The summed E-state index contributed by atoms with van der Waals surface area (Å²) in [7, 11) is 0. The largest absolute Gasteiger partial charge is 0.399 e. The molecule has 0 saturated heterocycles. The molecule has 3 N–H and O–H groups in total. The van der Waals surface area contributed by atoms with Gasteiger partial charge in [0.25, 0.3) is 0 Å². The fraction of sp³-hybridized carbons (Fsp3) is 0.533. The highest BCUT2D eigenvalue weighted by Crippen LogP contribution is 2.19. The van der Waals surface area contributed by atoms with Crippen LogP contribution in [0.3, 0.4) is 0 Å². The van der Waals surface area contributed by atoms with Crippen molar-refractivity contribution in [1.82, 2.24) is 9.55 Å². The van der Waals surface area contributed by atoms with Crippen molar-refractivity contribution in [2.75, 3.05) is 18.9 Å². The van der Waals surface area contributed by atoms with Crippen LogP contribution in [0.15, 0.2) is 18.2 Å². The Morgan fingerprint density at radius 3 is 2.85 bits per heavy atom. The van der Waals surface area contributed by atoms with E-state index in [1.54, 1.807) is 0 Å². The van der Waals surface area contributed by atoms with Crippen LogP contribution >= 0.6 is 0 Å². The van der Waals surface area contributed by atoms with Gasteiger partial charge in [0.1, 0.15) is 12.4 Å². The van der Waals surface area contributed by atoms with Crippen molar-refractivity contribution >= 4 is 16.7 Å². The van der Waals surface area contributed by atoms with E-state index in [9.17, 15) is 5.11 Å². The number of hydrogen-bond acceptors (Lipinski definition) is 4. The van der Waals surface area contributed by atoms with Crippen LogP contribution in [0.1, 0.15) is 32.0 Å². The van der Waals surface area contributed by atoms with E-state index in [4.69, 9.17) is 10.5 Å². The number of rotatable bonds is 8. The summed E-state index contributed by atoms with van der Waals surface area (Å²) < 4.78 is 7.60. The molecule has 1 aromatic carbocycles. The lowest BCUT2D eigenvalue weighted by Crippen LogP contribution is -2.07. The Hall–Kier alpha value is -1.59. The molecule has 0 atom stereocenters. The van der Waals surface area contributed by atoms with Crippen molar-refractivity contribution in [2.24, 2.45) is 0 Å². The Morgan fingerprint density at radius 1 is 1.30 bits per heavy atom. The molecule has 1 aromatic heterocycles. The summed E-state index contributed by atoms with van der Waals surface area (Å²) in [5.74, 6) is 0.680. The summed E-state index contributed by atoms with van der Waals surface area (Å²) in [5, 5.41) is 9.42. The Morgan fingerprint density at radius 2 is 2.10 bits per heavy atom. The number of aliphatic hydroxyl groups is 1. The molecule has 0 spiro atoms. The molecule has 0 amide bonds. The third-order valence-electron chi connectivity index (χ3n) is 3.31. The van der Waals surface area contributed by atoms with Crippen molar-refractivity contribution < 1.29 is 9.84 Å². The Labute approximate surface area is 119 Å². The topological polar surface area (TPSA) is 73.3 Å². The fourth-order valence-corrected chi connectivity index (χ4v) is 2.24. The first-order valence-electron chi connectivity index (χ1n) is 7.19. The molecule has 0 aliphatic heterocycles. The standard InChI is InChI=1S/C15H23N3O2/c1-2-3-8-20-9-4-7-18-14-6-5-12(16)10-13(14)17-15(18)11-19/h5-6,10,19H,2-4,7-9,11,16H2,1H3. The van der Waals surface area contributed by atoms with Crippen LogP contribution < -0.4 is 5.73 Å². The lowest BCUT2D eigenvalue weighted by Gasteiger charge is -2.08. The van der Waals surface area contributed by atoms with E-state index in [0.29, 0.717) is 11.5 Å². The number of aromatic nitrogens is 2. The third kappa shape index (κ3) is 3.49. The fourth-order valence-electron chi connectivity index (χ4n) is 2.24. The van der Waals surface area contributed by atoms with Gasteiger partial charge in [0, 0.05) is 25.4 Å². The van der Waals surface area contributed by atoms with E-state index >= 15 is 0 Å². The minimum absolute atomic E-state index is 0.0642. The number of hydrogen-bond donors (Lipinski definition) is 2. The van der Waals surface area contributed by atoms with Crippen LogP contribution in [0.5, 0.6) is 0 Å². The first kappa shape index (κ1) is 14.8. The first-order valence-corrected chi connectivity index (χ1v) is 7.19. The summed E-state index contributed by atoms with van der Waals surface area (Å²) in [6.07, 6.45) is 3.17. The molecule has 2 aromatic rings. The molecule has 5 heteroatoms. The van der Waals surface area contributed by atoms with Crippen LogP contribution in [-0.4, -0.2) is 27.9 Å². The minimum atomic E-state index is -0.0642. The molecular weight excluding hydrogens is 254 g/mol. The predicted octanol–water partition coefficient (Wildman–Crippen LogP) is 2.32. The lowest BCUT2D eigenvalue weighted by atomic mass is 10.3. The number of benzene rings is 1. The molecule has 110 valence electrons. The summed E-state index contributed by atoms with van der Waals surface area (Å²) in [4.78, 5) is 4.41. The van der Waals surface area contributed by atoms with Crippen molar-refractivity contribution in [3.05, 3.63) is 24.0 Å². The zero-order valence-electron chi connectivity index (χ0n) is 12.0. The minimum Gasteiger partial charge on any atom is -0.399 e. The van der Waals surface area contributed by atoms with Crippen LogP contribution in [0, 0.1) is 0 Å². The maximum absolute atomic E-state index is 9.42. The molecular formula is C15H23N3O2. The first-order chi connectivity index (χ1) is 9.76. The molecule has 0 aliphatic rings. The third-order valence-corrected chi connectivity index (χ3v) is 3.31. The van der Waals surface area contributed by atoms with Gasteiger partial charge in [0.2, 0.25) is 0 Å². The van der Waals surface area contributed by atoms with Crippen LogP contribution in [0.25, 0.3) is 11.0 Å². The number of unbranched alkanes of at least 4 members (excludes halogenated alkanes) is 1. The van der Waals surface area contributed by atoms with E-state index in [1.807, 2.05) is 22.8 Å². The second kappa shape index (κ2) is 7.26. The summed E-state index contributed by atoms with van der Waals surface area (Å²) in [5.41, 5.74) is 8.30. The highest BCUT2D eigenvalue weighted by molar-refractivity contribution is 5.79. The van der Waals surface area contributed by atoms with E-state index in [0.717, 1.165) is 50.1 Å². The number of aryl methyl sites for hydroxylation is 1. The van der Waals surface area contributed by atoms with Gasteiger partial charge >= 0.3 is 0 Å². The van der Waals surface area contributed by atoms with E-state index in [-0.39, 0.29) is 6.61 Å². The number of fused-ring (bicyclic) bond motifs is 1. The van der Waals surface area contributed by atoms with Gasteiger partial charge < -0.3 is 20.1 Å². The number of imidazole rings is 1. The molecule has 0 saturated carbocycles. The van der Waals surface area contributed by atoms with Crippen molar-refractivity contribution in [1.29, 1.82) is 0 Å². The van der Waals surface area contributed by atoms with Gasteiger partial charge in [-0.05, 0) is 31.0 Å². The van der Waals surface area contributed by atoms with Crippen molar-refractivity contribution in [3.63, 3.8) is 0 Å². The molecule has 0 unspecified atom stereocenters.